The molecule has 0 amide bonds. The Morgan fingerprint density at radius 3 is 2.31 bits per heavy atom. The second-order valence-electron chi connectivity index (χ2n) is 3.51. The van der Waals surface area contributed by atoms with E-state index >= 15 is 0 Å². The minimum Gasteiger partial charge on any atom is -0.388 e. The smallest absolute Gasteiger partial charge is 0.0869 e. The van der Waals surface area contributed by atoms with Gasteiger partial charge < -0.3 is 5.11 Å². The molecular formula is C12H10Cl2OS. The van der Waals surface area contributed by atoms with E-state index in [2.05, 4.69) is 0 Å². The molecule has 1 nitrogen and oxygen atoms in total. The summed E-state index contributed by atoms with van der Waals surface area (Å²) in [6, 6.07) is 9.43. The first-order valence-corrected chi connectivity index (χ1v) is 6.38. The van der Waals surface area contributed by atoms with E-state index in [1.165, 1.54) is 11.3 Å². The lowest BCUT2D eigenvalue weighted by Crippen LogP contribution is -1.85. The van der Waals surface area contributed by atoms with Gasteiger partial charge in [-0.25, -0.2) is 0 Å². The fourth-order valence-electron chi connectivity index (χ4n) is 1.42. The molecule has 2 rings (SSSR count). The van der Waals surface area contributed by atoms with Gasteiger partial charge in [0.25, 0.3) is 0 Å². The highest BCUT2D eigenvalue weighted by molar-refractivity contribution is 7.16. The SMILES string of the molecule is CC(O)c1sc(-c2ccc(Cl)cc2)cc1Cl. The summed E-state index contributed by atoms with van der Waals surface area (Å²) < 4.78 is 0. The Morgan fingerprint density at radius 2 is 1.81 bits per heavy atom. The molecule has 0 fully saturated rings. The highest BCUT2D eigenvalue weighted by Gasteiger charge is 2.12. The molecule has 1 N–H and O–H groups in total. The van der Waals surface area contributed by atoms with E-state index in [9.17, 15) is 5.11 Å². The fraction of sp³-hybridized carbons (Fsp3) is 0.167. The van der Waals surface area contributed by atoms with Crippen molar-refractivity contribution in [3.8, 4) is 10.4 Å². The maximum absolute atomic E-state index is 9.51. The van der Waals surface area contributed by atoms with Crippen molar-refractivity contribution < 1.29 is 5.11 Å². The molecular weight excluding hydrogens is 263 g/mol. The van der Waals surface area contributed by atoms with Crippen LogP contribution in [0, 0.1) is 0 Å². The number of hydrogen-bond acceptors (Lipinski definition) is 2. The van der Waals surface area contributed by atoms with E-state index in [4.69, 9.17) is 23.2 Å². The maximum atomic E-state index is 9.51. The fourth-order valence-corrected chi connectivity index (χ4v) is 2.99. The van der Waals surface area contributed by atoms with E-state index in [1.54, 1.807) is 6.92 Å². The standard InChI is InChI=1S/C12H10Cl2OS/c1-7(15)12-10(14)6-11(16-12)8-2-4-9(13)5-3-8/h2-7,15H,1H3. The minimum atomic E-state index is -0.529. The van der Waals surface area contributed by atoms with E-state index in [-0.39, 0.29) is 0 Å². The summed E-state index contributed by atoms with van der Waals surface area (Å²) in [5.41, 5.74) is 1.06. The number of rotatable bonds is 2. The first-order chi connectivity index (χ1) is 7.58. The lowest BCUT2D eigenvalue weighted by Gasteiger charge is -1.99. The van der Waals surface area contributed by atoms with Crippen LogP contribution in [0.15, 0.2) is 30.3 Å². The predicted octanol–water partition coefficient (Wildman–Crippen LogP) is 4.78. The summed E-state index contributed by atoms with van der Waals surface area (Å²) in [5, 5.41) is 10.8. The van der Waals surface area contributed by atoms with Crippen molar-refractivity contribution in [2.24, 2.45) is 0 Å². The first-order valence-electron chi connectivity index (χ1n) is 4.81. The largest absolute Gasteiger partial charge is 0.388 e. The van der Waals surface area contributed by atoms with E-state index in [0.717, 1.165) is 15.3 Å². The molecule has 0 spiro atoms. The molecule has 16 heavy (non-hydrogen) atoms. The summed E-state index contributed by atoms with van der Waals surface area (Å²) in [4.78, 5) is 1.84. The summed E-state index contributed by atoms with van der Waals surface area (Å²) in [6.45, 7) is 1.71. The monoisotopic (exact) mass is 272 g/mol. The van der Waals surface area contributed by atoms with Crippen molar-refractivity contribution in [2.45, 2.75) is 13.0 Å². The summed E-state index contributed by atoms with van der Waals surface area (Å²) in [7, 11) is 0. The van der Waals surface area contributed by atoms with Gasteiger partial charge in [-0.2, -0.15) is 0 Å². The normalized spacial score (nSPS) is 12.8. The molecule has 0 aliphatic carbocycles. The van der Waals surface area contributed by atoms with Crippen LogP contribution in [0.1, 0.15) is 17.9 Å². The molecule has 1 aromatic carbocycles. The van der Waals surface area contributed by atoms with Crippen LogP contribution in [-0.4, -0.2) is 5.11 Å². The molecule has 1 heterocycles. The first kappa shape index (κ1) is 11.9. The van der Waals surface area contributed by atoms with Crippen LogP contribution < -0.4 is 0 Å². The maximum Gasteiger partial charge on any atom is 0.0869 e. The van der Waals surface area contributed by atoms with Gasteiger partial charge in [0.2, 0.25) is 0 Å². The number of aliphatic hydroxyl groups excluding tert-OH is 1. The molecule has 1 aromatic heterocycles. The number of benzene rings is 1. The Hall–Kier alpha value is -0.540. The third kappa shape index (κ3) is 2.41. The van der Waals surface area contributed by atoms with Gasteiger partial charge in [0.05, 0.1) is 16.0 Å². The summed E-state index contributed by atoms with van der Waals surface area (Å²) >= 11 is 13.4. The van der Waals surface area contributed by atoms with Crippen molar-refractivity contribution in [3.63, 3.8) is 0 Å². The van der Waals surface area contributed by atoms with Crippen LogP contribution in [0.25, 0.3) is 10.4 Å². The van der Waals surface area contributed by atoms with Gasteiger partial charge in [0, 0.05) is 9.90 Å². The number of aliphatic hydroxyl groups is 1. The zero-order valence-electron chi connectivity index (χ0n) is 8.58. The van der Waals surface area contributed by atoms with Gasteiger partial charge in [-0.1, -0.05) is 35.3 Å². The molecule has 84 valence electrons. The van der Waals surface area contributed by atoms with Crippen LogP contribution in [-0.2, 0) is 0 Å². The Bertz CT molecular complexity index is 488. The Labute approximate surface area is 108 Å². The number of thiophene rings is 1. The zero-order chi connectivity index (χ0) is 11.7. The average molecular weight is 273 g/mol. The number of hydrogen-bond donors (Lipinski definition) is 1. The Morgan fingerprint density at radius 1 is 1.19 bits per heavy atom. The highest BCUT2D eigenvalue weighted by Crippen LogP contribution is 2.37. The second-order valence-corrected chi connectivity index (χ2v) is 5.43. The molecule has 1 atom stereocenters. The molecule has 1 unspecified atom stereocenters. The van der Waals surface area contributed by atoms with Crippen molar-refractivity contribution in [1.82, 2.24) is 0 Å². The molecule has 2 aromatic rings. The molecule has 0 radical (unpaired) electrons. The van der Waals surface area contributed by atoms with Crippen molar-refractivity contribution in [1.29, 1.82) is 0 Å². The number of halogens is 2. The molecule has 0 bridgehead atoms. The quantitative estimate of drug-likeness (QED) is 0.835. The Kier molecular flexibility index (Phi) is 3.55. The van der Waals surface area contributed by atoms with Gasteiger partial charge in [-0.15, -0.1) is 11.3 Å². The van der Waals surface area contributed by atoms with Crippen LogP contribution in [0.3, 0.4) is 0 Å². The lowest BCUT2D eigenvalue weighted by atomic mass is 10.2. The van der Waals surface area contributed by atoms with Crippen LogP contribution in [0.4, 0.5) is 0 Å². The van der Waals surface area contributed by atoms with Gasteiger partial charge in [-0.3, -0.25) is 0 Å². The van der Waals surface area contributed by atoms with E-state index in [1.807, 2.05) is 30.3 Å². The topological polar surface area (TPSA) is 20.2 Å². The molecule has 0 saturated heterocycles. The summed E-state index contributed by atoms with van der Waals surface area (Å²) in [6.07, 6.45) is -0.529. The highest BCUT2D eigenvalue weighted by atomic mass is 35.5. The van der Waals surface area contributed by atoms with Gasteiger partial charge in [0.1, 0.15) is 0 Å². The molecule has 0 aliphatic rings. The van der Waals surface area contributed by atoms with Crippen LogP contribution in [0.2, 0.25) is 10.0 Å². The molecule has 0 saturated carbocycles. The van der Waals surface area contributed by atoms with Crippen LogP contribution in [0.5, 0.6) is 0 Å². The van der Waals surface area contributed by atoms with E-state index < -0.39 is 6.10 Å². The zero-order valence-corrected chi connectivity index (χ0v) is 10.9. The van der Waals surface area contributed by atoms with Crippen molar-refractivity contribution in [2.75, 3.05) is 0 Å². The van der Waals surface area contributed by atoms with E-state index in [0.29, 0.717) is 10.0 Å². The predicted molar refractivity (Wildman–Crippen MR) is 70.4 cm³/mol. The summed E-state index contributed by atoms with van der Waals surface area (Å²) in [5.74, 6) is 0. The van der Waals surface area contributed by atoms with Crippen molar-refractivity contribution >= 4 is 34.5 Å². The van der Waals surface area contributed by atoms with Gasteiger partial charge >= 0.3 is 0 Å². The van der Waals surface area contributed by atoms with Crippen molar-refractivity contribution in [3.05, 3.63) is 45.3 Å². The minimum absolute atomic E-state index is 0.529. The average Bonchev–Trinajstić information content (AvgIpc) is 2.61. The Balaban J connectivity index is 2.41. The van der Waals surface area contributed by atoms with Gasteiger partial charge in [-0.05, 0) is 30.7 Å². The van der Waals surface area contributed by atoms with Crippen LogP contribution >= 0.6 is 34.5 Å². The van der Waals surface area contributed by atoms with Gasteiger partial charge in [0.15, 0.2) is 0 Å². The lowest BCUT2D eigenvalue weighted by molar-refractivity contribution is 0.203. The second kappa shape index (κ2) is 4.76. The third-order valence-corrected chi connectivity index (χ3v) is 4.25. The third-order valence-electron chi connectivity index (χ3n) is 2.22. The molecule has 0 aliphatic heterocycles. The molecule has 4 heteroatoms.